The fraction of sp³-hybridized carbons (Fsp3) is 0.100. The Bertz CT molecular complexity index is 754. The molecule has 0 aliphatic carbocycles. The van der Waals surface area contributed by atoms with Crippen LogP contribution in [-0.4, -0.2) is 15.2 Å². The number of anilines is 2. The van der Waals surface area contributed by atoms with E-state index in [9.17, 15) is 13.2 Å². The van der Waals surface area contributed by atoms with Gasteiger partial charge in [-0.1, -0.05) is 16.7 Å². The van der Waals surface area contributed by atoms with Crippen LogP contribution in [0.15, 0.2) is 27.4 Å². The van der Waals surface area contributed by atoms with Crippen LogP contribution < -0.4 is 5.32 Å². The van der Waals surface area contributed by atoms with Gasteiger partial charge in [0.05, 0.1) is 10.6 Å². The summed E-state index contributed by atoms with van der Waals surface area (Å²) in [5.74, 6) is 0. The molecular formula is C10H4ClF3N4O2. The van der Waals surface area contributed by atoms with Gasteiger partial charge in [-0.2, -0.15) is 18.2 Å². The summed E-state index contributed by atoms with van der Waals surface area (Å²) in [5.41, 5.74) is -0.877. The second-order valence-electron chi connectivity index (χ2n) is 3.69. The number of aromatic nitrogens is 3. The molecule has 0 aliphatic heterocycles. The highest BCUT2D eigenvalue weighted by Gasteiger charge is 2.34. The molecule has 10 heteroatoms. The number of hydrogen-bond donors (Lipinski definition) is 1. The lowest BCUT2D eigenvalue weighted by Gasteiger charge is -2.07. The molecule has 0 saturated carbocycles. The van der Waals surface area contributed by atoms with Crippen molar-refractivity contribution in [1.82, 2.24) is 15.2 Å². The Balaban J connectivity index is 2.03. The third-order valence-corrected chi connectivity index (χ3v) is 2.67. The standard InChI is InChI=1S/C10H4ClF3N4O2/c11-5-2-7-6(1-4(5)10(12,13)14)16-8(20-7)17-9-18-15-3-19-9/h1-3H,(H,16,17,18). The van der Waals surface area contributed by atoms with Gasteiger partial charge in [-0.25, -0.2) is 0 Å². The zero-order valence-electron chi connectivity index (χ0n) is 9.40. The van der Waals surface area contributed by atoms with Crippen molar-refractivity contribution in [2.75, 3.05) is 5.32 Å². The number of nitrogens with zero attached hydrogens (tertiary/aromatic N) is 3. The summed E-state index contributed by atoms with van der Waals surface area (Å²) in [5, 5.41) is 8.98. The predicted molar refractivity (Wildman–Crippen MR) is 61.6 cm³/mol. The van der Waals surface area contributed by atoms with E-state index in [1.807, 2.05) is 0 Å². The van der Waals surface area contributed by atoms with Crippen molar-refractivity contribution in [2.24, 2.45) is 0 Å². The number of oxazole rings is 1. The first-order valence-corrected chi connectivity index (χ1v) is 5.52. The van der Waals surface area contributed by atoms with Crippen LogP contribution in [0.25, 0.3) is 11.1 Å². The van der Waals surface area contributed by atoms with Crippen LogP contribution >= 0.6 is 11.6 Å². The Morgan fingerprint density at radius 1 is 1.20 bits per heavy atom. The van der Waals surface area contributed by atoms with Gasteiger partial charge in [0.15, 0.2) is 5.58 Å². The number of benzene rings is 1. The van der Waals surface area contributed by atoms with Gasteiger partial charge < -0.3 is 8.83 Å². The molecule has 0 unspecified atom stereocenters. The van der Waals surface area contributed by atoms with Gasteiger partial charge in [-0.15, -0.1) is 5.10 Å². The van der Waals surface area contributed by atoms with Gasteiger partial charge in [0.2, 0.25) is 6.39 Å². The molecule has 0 saturated heterocycles. The van der Waals surface area contributed by atoms with Gasteiger partial charge in [-0.3, -0.25) is 5.32 Å². The quantitative estimate of drug-likeness (QED) is 0.779. The number of alkyl halides is 3. The van der Waals surface area contributed by atoms with E-state index in [4.69, 9.17) is 20.4 Å². The average Bonchev–Trinajstić information content (AvgIpc) is 2.95. The molecule has 1 N–H and O–H groups in total. The summed E-state index contributed by atoms with van der Waals surface area (Å²) in [4.78, 5) is 3.84. The monoisotopic (exact) mass is 304 g/mol. The van der Waals surface area contributed by atoms with Crippen molar-refractivity contribution >= 4 is 34.7 Å². The SMILES string of the molecule is FC(F)(F)c1cc2nc(Nc3nnco3)oc2cc1Cl. The van der Waals surface area contributed by atoms with Crippen LogP contribution in [-0.2, 0) is 6.18 Å². The highest BCUT2D eigenvalue weighted by atomic mass is 35.5. The molecule has 2 heterocycles. The molecule has 0 atom stereocenters. The van der Waals surface area contributed by atoms with Crippen LogP contribution in [0.2, 0.25) is 5.02 Å². The first-order valence-electron chi connectivity index (χ1n) is 5.14. The number of hydrogen-bond acceptors (Lipinski definition) is 6. The van der Waals surface area contributed by atoms with Crippen LogP contribution in [0.1, 0.15) is 5.56 Å². The van der Waals surface area contributed by atoms with Crippen LogP contribution in [0.3, 0.4) is 0 Å². The Hall–Kier alpha value is -2.29. The molecule has 20 heavy (non-hydrogen) atoms. The lowest BCUT2D eigenvalue weighted by atomic mass is 10.2. The normalized spacial score (nSPS) is 12.0. The van der Waals surface area contributed by atoms with Gasteiger partial charge >= 0.3 is 18.2 Å². The van der Waals surface area contributed by atoms with Gasteiger partial charge in [-0.05, 0) is 6.07 Å². The zero-order chi connectivity index (χ0) is 14.3. The van der Waals surface area contributed by atoms with Gasteiger partial charge in [0.25, 0.3) is 0 Å². The summed E-state index contributed by atoms with van der Waals surface area (Å²) < 4.78 is 48.1. The fourth-order valence-electron chi connectivity index (χ4n) is 1.54. The molecule has 0 bridgehead atoms. The smallest absolute Gasteiger partial charge is 0.417 e. The number of fused-ring (bicyclic) bond motifs is 1. The van der Waals surface area contributed by atoms with E-state index in [-0.39, 0.29) is 23.1 Å². The van der Waals surface area contributed by atoms with Gasteiger partial charge in [0, 0.05) is 6.07 Å². The zero-order valence-corrected chi connectivity index (χ0v) is 10.2. The van der Waals surface area contributed by atoms with E-state index >= 15 is 0 Å². The molecule has 3 rings (SSSR count). The first kappa shape index (κ1) is 12.7. The number of halogens is 4. The van der Waals surface area contributed by atoms with E-state index in [0.717, 1.165) is 18.5 Å². The minimum Gasteiger partial charge on any atom is -0.423 e. The maximum absolute atomic E-state index is 12.7. The minimum absolute atomic E-state index is 0.00121. The fourth-order valence-corrected chi connectivity index (χ4v) is 1.80. The lowest BCUT2D eigenvalue weighted by molar-refractivity contribution is -0.137. The van der Waals surface area contributed by atoms with Crippen molar-refractivity contribution in [3.63, 3.8) is 0 Å². The van der Waals surface area contributed by atoms with E-state index in [1.54, 1.807) is 0 Å². The maximum atomic E-state index is 12.7. The topological polar surface area (TPSA) is 77.0 Å². The molecule has 0 amide bonds. The molecule has 0 spiro atoms. The molecule has 2 aromatic heterocycles. The summed E-state index contributed by atoms with van der Waals surface area (Å²) in [6.45, 7) is 0. The molecule has 104 valence electrons. The maximum Gasteiger partial charge on any atom is 0.417 e. The Morgan fingerprint density at radius 2 is 2.00 bits per heavy atom. The van der Waals surface area contributed by atoms with Crippen molar-refractivity contribution in [1.29, 1.82) is 0 Å². The second kappa shape index (κ2) is 4.37. The Morgan fingerprint density at radius 3 is 2.65 bits per heavy atom. The molecule has 0 aliphatic rings. The largest absolute Gasteiger partial charge is 0.423 e. The molecule has 6 nitrogen and oxygen atoms in total. The summed E-state index contributed by atoms with van der Waals surface area (Å²) in [6.07, 6.45) is -3.49. The number of rotatable bonds is 2. The van der Waals surface area contributed by atoms with E-state index in [1.165, 1.54) is 0 Å². The van der Waals surface area contributed by atoms with Gasteiger partial charge in [0.1, 0.15) is 5.52 Å². The highest BCUT2D eigenvalue weighted by Crippen LogP contribution is 2.37. The Kier molecular flexibility index (Phi) is 2.78. The molecule has 0 fully saturated rings. The first-order chi connectivity index (χ1) is 9.43. The third kappa shape index (κ3) is 2.27. The molecule has 3 aromatic rings. The summed E-state index contributed by atoms with van der Waals surface area (Å²) >= 11 is 5.57. The van der Waals surface area contributed by atoms with E-state index in [0.29, 0.717) is 0 Å². The van der Waals surface area contributed by atoms with Crippen LogP contribution in [0, 0.1) is 0 Å². The minimum atomic E-state index is -4.57. The summed E-state index contributed by atoms with van der Waals surface area (Å²) in [7, 11) is 0. The second-order valence-corrected chi connectivity index (χ2v) is 4.09. The highest BCUT2D eigenvalue weighted by molar-refractivity contribution is 6.32. The molecule has 1 aromatic carbocycles. The van der Waals surface area contributed by atoms with E-state index < -0.39 is 16.8 Å². The lowest BCUT2D eigenvalue weighted by Crippen LogP contribution is -2.05. The van der Waals surface area contributed by atoms with Crippen molar-refractivity contribution in [3.8, 4) is 0 Å². The Labute approximate surface area is 113 Å². The predicted octanol–water partition coefficient (Wildman–Crippen LogP) is 3.63. The third-order valence-electron chi connectivity index (χ3n) is 2.36. The number of nitrogens with one attached hydrogen (secondary N) is 1. The van der Waals surface area contributed by atoms with Crippen molar-refractivity contribution in [2.45, 2.75) is 6.18 Å². The summed E-state index contributed by atoms with van der Waals surface area (Å²) in [6, 6.07) is 1.77. The van der Waals surface area contributed by atoms with Crippen molar-refractivity contribution < 1.29 is 22.0 Å². The van der Waals surface area contributed by atoms with Crippen LogP contribution in [0.5, 0.6) is 0 Å². The van der Waals surface area contributed by atoms with Crippen molar-refractivity contribution in [3.05, 3.63) is 29.1 Å². The molecular weight excluding hydrogens is 301 g/mol. The average molecular weight is 305 g/mol. The molecule has 0 radical (unpaired) electrons. The van der Waals surface area contributed by atoms with E-state index in [2.05, 4.69) is 20.5 Å². The van der Waals surface area contributed by atoms with Crippen LogP contribution in [0.4, 0.5) is 25.2 Å².